The molecule has 0 aliphatic heterocycles. The summed E-state index contributed by atoms with van der Waals surface area (Å²) >= 11 is 0. The van der Waals surface area contributed by atoms with E-state index >= 15 is 0 Å². The van der Waals surface area contributed by atoms with Crippen LogP contribution in [0.5, 0.6) is 5.75 Å². The van der Waals surface area contributed by atoms with E-state index in [4.69, 9.17) is 4.52 Å². The van der Waals surface area contributed by atoms with Crippen LogP contribution in [0.4, 0.5) is 4.79 Å². The lowest BCUT2D eigenvalue weighted by atomic mass is 10.0. The van der Waals surface area contributed by atoms with Crippen molar-refractivity contribution < 1.29 is 32.8 Å². The van der Waals surface area contributed by atoms with Gasteiger partial charge in [-0.1, -0.05) is 12.1 Å². The zero-order valence-electron chi connectivity index (χ0n) is 12.4. The van der Waals surface area contributed by atoms with Crippen LogP contribution in [-0.4, -0.2) is 37.0 Å². The smallest absolute Gasteiger partial charge is 0.453 e. The highest BCUT2D eigenvalue weighted by Gasteiger charge is 2.21. The molecule has 0 aromatic heterocycles. The first-order valence-electron chi connectivity index (χ1n) is 6.29. The number of hydrogen-bond acceptors (Lipinski definition) is 6. The zero-order chi connectivity index (χ0) is 16.8. The standard InChI is InChI=1S/C13H18NO7P/c1-9(15)12(14-13(16)19-2)8-10-4-6-11(7-5-10)21-22(17,18)20-3/h4-7,12H,8H2,1-3H3,(H,14,16)(H,17,18)/t12-/m0/s1. The summed E-state index contributed by atoms with van der Waals surface area (Å²) in [5, 5.41) is 2.43. The van der Waals surface area contributed by atoms with Gasteiger partial charge in [-0.3, -0.25) is 14.2 Å². The molecule has 1 aromatic rings. The molecule has 2 N–H and O–H groups in total. The minimum atomic E-state index is -4.10. The van der Waals surface area contributed by atoms with Crippen LogP contribution in [-0.2, 0) is 25.0 Å². The van der Waals surface area contributed by atoms with E-state index in [0.29, 0.717) is 0 Å². The Balaban J connectivity index is 2.75. The van der Waals surface area contributed by atoms with Crippen LogP contribution in [0, 0.1) is 0 Å². The quantitative estimate of drug-likeness (QED) is 0.731. The monoisotopic (exact) mass is 331 g/mol. The maximum atomic E-state index is 11.5. The number of methoxy groups -OCH3 is 1. The second kappa shape index (κ2) is 7.93. The van der Waals surface area contributed by atoms with Gasteiger partial charge in [0.2, 0.25) is 0 Å². The van der Waals surface area contributed by atoms with E-state index < -0.39 is 20.0 Å². The Labute approximate surface area is 128 Å². The molecule has 0 spiro atoms. The van der Waals surface area contributed by atoms with Crippen molar-refractivity contribution in [1.29, 1.82) is 0 Å². The number of carbonyl (C=O) groups excluding carboxylic acids is 2. The van der Waals surface area contributed by atoms with Crippen molar-refractivity contribution >= 4 is 19.7 Å². The van der Waals surface area contributed by atoms with Crippen molar-refractivity contribution in [2.45, 2.75) is 19.4 Å². The molecule has 2 atom stereocenters. The van der Waals surface area contributed by atoms with Crippen LogP contribution in [0.25, 0.3) is 0 Å². The van der Waals surface area contributed by atoms with Crippen LogP contribution in [0.2, 0.25) is 0 Å². The summed E-state index contributed by atoms with van der Waals surface area (Å²) in [5.41, 5.74) is 0.731. The number of amides is 1. The fourth-order valence-corrected chi connectivity index (χ4v) is 2.05. The maximum Gasteiger partial charge on any atom is 0.527 e. The van der Waals surface area contributed by atoms with E-state index in [1.165, 1.54) is 26.2 Å². The highest BCUT2D eigenvalue weighted by molar-refractivity contribution is 7.47. The normalized spacial score (nSPS) is 14.5. The van der Waals surface area contributed by atoms with Crippen molar-refractivity contribution in [1.82, 2.24) is 5.32 Å². The minimum absolute atomic E-state index is 0.150. The van der Waals surface area contributed by atoms with Gasteiger partial charge in [0, 0.05) is 7.11 Å². The molecule has 0 saturated carbocycles. The van der Waals surface area contributed by atoms with Crippen LogP contribution in [0.3, 0.4) is 0 Å². The van der Waals surface area contributed by atoms with Gasteiger partial charge < -0.3 is 14.6 Å². The third-order valence-corrected chi connectivity index (χ3v) is 3.69. The molecule has 1 aromatic carbocycles. The van der Waals surface area contributed by atoms with Crippen molar-refractivity contribution in [2.24, 2.45) is 0 Å². The van der Waals surface area contributed by atoms with Crippen LogP contribution >= 0.6 is 7.82 Å². The lowest BCUT2D eigenvalue weighted by Gasteiger charge is -2.15. The average Bonchev–Trinajstić information content (AvgIpc) is 2.47. The summed E-state index contributed by atoms with van der Waals surface area (Å²) in [5.74, 6) is -0.0679. The van der Waals surface area contributed by atoms with Crippen molar-refractivity contribution in [3.63, 3.8) is 0 Å². The molecule has 0 aliphatic rings. The summed E-state index contributed by atoms with van der Waals surface area (Å²) in [7, 11) is -1.83. The number of Topliss-reactive ketones (excluding diaryl/α,β-unsaturated/α-hetero) is 1. The molecule has 1 unspecified atom stereocenters. The predicted molar refractivity (Wildman–Crippen MR) is 77.6 cm³/mol. The molecule has 1 amide bonds. The number of nitrogens with one attached hydrogen (secondary N) is 1. The topological polar surface area (TPSA) is 111 Å². The van der Waals surface area contributed by atoms with Gasteiger partial charge in [-0.25, -0.2) is 9.36 Å². The Hall–Kier alpha value is -1.89. The molecule has 0 bridgehead atoms. The number of ketones is 1. The van der Waals surface area contributed by atoms with Crippen LogP contribution < -0.4 is 9.84 Å². The lowest BCUT2D eigenvalue weighted by Crippen LogP contribution is -2.41. The Bertz CT molecular complexity index is 572. The van der Waals surface area contributed by atoms with Gasteiger partial charge in [0.05, 0.1) is 13.2 Å². The number of phosphoric acid groups is 1. The Kier molecular flexibility index (Phi) is 6.55. The number of hydrogen-bond donors (Lipinski definition) is 2. The Morgan fingerprint density at radius 1 is 1.27 bits per heavy atom. The van der Waals surface area contributed by atoms with Crippen molar-refractivity contribution in [2.75, 3.05) is 14.2 Å². The summed E-state index contributed by atoms with van der Waals surface area (Å²) in [6.45, 7) is 1.36. The van der Waals surface area contributed by atoms with Gasteiger partial charge in [0.15, 0.2) is 5.78 Å². The highest BCUT2D eigenvalue weighted by Crippen LogP contribution is 2.42. The highest BCUT2D eigenvalue weighted by atomic mass is 31.2. The van der Waals surface area contributed by atoms with E-state index in [1.54, 1.807) is 12.1 Å². The zero-order valence-corrected chi connectivity index (χ0v) is 13.3. The first kappa shape index (κ1) is 18.2. The molecule has 0 saturated heterocycles. The van der Waals surface area contributed by atoms with Gasteiger partial charge in [0.1, 0.15) is 5.75 Å². The predicted octanol–water partition coefficient (Wildman–Crippen LogP) is 1.67. The fourth-order valence-electron chi connectivity index (χ4n) is 1.59. The van der Waals surface area contributed by atoms with Gasteiger partial charge in [-0.05, 0) is 31.0 Å². The maximum absolute atomic E-state index is 11.5. The van der Waals surface area contributed by atoms with Gasteiger partial charge in [0.25, 0.3) is 0 Å². The molecular formula is C13H18NO7P. The number of benzene rings is 1. The molecule has 0 fully saturated rings. The Morgan fingerprint density at radius 2 is 1.86 bits per heavy atom. The number of ether oxygens (including phenoxy) is 1. The van der Waals surface area contributed by atoms with Gasteiger partial charge >= 0.3 is 13.9 Å². The van der Waals surface area contributed by atoms with Gasteiger partial charge in [-0.15, -0.1) is 0 Å². The van der Waals surface area contributed by atoms with E-state index in [2.05, 4.69) is 14.6 Å². The van der Waals surface area contributed by atoms with E-state index in [0.717, 1.165) is 12.7 Å². The number of alkyl carbamates (subject to hydrolysis) is 1. The molecule has 22 heavy (non-hydrogen) atoms. The minimum Gasteiger partial charge on any atom is -0.453 e. The third kappa shape index (κ3) is 5.85. The molecule has 122 valence electrons. The second-order valence-electron chi connectivity index (χ2n) is 4.39. The molecule has 1 rings (SSSR count). The molecule has 9 heteroatoms. The fraction of sp³-hybridized carbons (Fsp3) is 0.385. The SMILES string of the molecule is COC(=O)N[C@@H](Cc1ccc(OP(=O)(O)OC)cc1)C(C)=O. The summed E-state index contributed by atoms with van der Waals surface area (Å²) in [6, 6.07) is 5.43. The van der Waals surface area contributed by atoms with Crippen LogP contribution in [0.1, 0.15) is 12.5 Å². The molecular weight excluding hydrogens is 313 g/mol. The molecule has 0 radical (unpaired) electrons. The average molecular weight is 331 g/mol. The summed E-state index contributed by atoms with van der Waals surface area (Å²) in [4.78, 5) is 31.9. The number of phosphoric ester groups is 1. The number of rotatable bonds is 7. The van der Waals surface area contributed by atoms with E-state index in [9.17, 15) is 19.0 Å². The molecule has 0 heterocycles. The molecule has 8 nitrogen and oxygen atoms in total. The largest absolute Gasteiger partial charge is 0.527 e. The van der Waals surface area contributed by atoms with Gasteiger partial charge in [-0.2, -0.15) is 0 Å². The lowest BCUT2D eigenvalue weighted by molar-refractivity contribution is -0.118. The van der Waals surface area contributed by atoms with Crippen molar-refractivity contribution in [3.05, 3.63) is 29.8 Å². The van der Waals surface area contributed by atoms with Crippen molar-refractivity contribution in [3.8, 4) is 5.75 Å². The van der Waals surface area contributed by atoms with Crippen LogP contribution in [0.15, 0.2) is 24.3 Å². The van der Waals surface area contributed by atoms with E-state index in [-0.39, 0.29) is 18.0 Å². The summed E-state index contributed by atoms with van der Waals surface area (Å²) < 4.78 is 24.8. The van der Waals surface area contributed by atoms with E-state index in [1.807, 2.05) is 0 Å². The summed E-state index contributed by atoms with van der Waals surface area (Å²) in [6.07, 6.45) is -0.437. The first-order valence-corrected chi connectivity index (χ1v) is 7.79. The number of carbonyl (C=O) groups is 2. The second-order valence-corrected chi connectivity index (χ2v) is 5.87. The Morgan fingerprint density at radius 3 is 2.32 bits per heavy atom. The first-order chi connectivity index (χ1) is 10.3. The molecule has 0 aliphatic carbocycles. The third-order valence-electron chi connectivity index (χ3n) is 2.78.